The van der Waals surface area contributed by atoms with E-state index in [2.05, 4.69) is 15.4 Å². The highest BCUT2D eigenvalue weighted by atomic mass is 16.5. The van der Waals surface area contributed by atoms with Crippen molar-refractivity contribution in [3.05, 3.63) is 18.2 Å². The lowest BCUT2D eigenvalue weighted by molar-refractivity contribution is -0.143. The predicted octanol–water partition coefficient (Wildman–Crippen LogP) is 2.02. The molecule has 0 aliphatic rings. The van der Waals surface area contributed by atoms with Gasteiger partial charge in [-0.15, -0.1) is 0 Å². The summed E-state index contributed by atoms with van der Waals surface area (Å²) in [5.74, 6) is 0.498. The number of hydrogen-bond acceptors (Lipinski definition) is 5. The second kappa shape index (κ2) is 8.11. The molecular weight excluding hydrogens is 288 g/mol. The van der Waals surface area contributed by atoms with Crippen LogP contribution in [0, 0.1) is 5.92 Å². The minimum absolute atomic E-state index is 0.0990. The van der Waals surface area contributed by atoms with E-state index in [1.807, 2.05) is 13.8 Å². The highest BCUT2D eigenvalue weighted by Crippen LogP contribution is 2.25. The second-order valence-corrected chi connectivity index (χ2v) is 4.94. The second-order valence-electron chi connectivity index (χ2n) is 4.94. The van der Waals surface area contributed by atoms with E-state index in [1.54, 1.807) is 18.2 Å². The van der Waals surface area contributed by atoms with Gasteiger partial charge in [0, 0.05) is 23.9 Å². The summed E-state index contributed by atoms with van der Waals surface area (Å²) < 4.78 is 14.9. The van der Waals surface area contributed by atoms with Gasteiger partial charge in [0.25, 0.3) is 0 Å². The Morgan fingerprint density at radius 1 is 1.00 bits per heavy atom. The van der Waals surface area contributed by atoms with E-state index in [4.69, 9.17) is 9.47 Å². The third kappa shape index (κ3) is 4.83. The minimum atomic E-state index is -0.725. The number of urea groups is 1. The van der Waals surface area contributed by atoms with E-state index >= 15 is 0 Å². The minimum Gasteiger partial charge on any atom is -0.497 e. The molecule has 0 aromatic heterocycles. The van der Waals surface area contributed by atoms with Crippen molar-refractivity contribution < 1.29 is 23.8 Å². The van der Waals surface area contributed by atoms with Crippen LogP contribution in [0.25, 0.3) is 0 Å². The van der Waals surface area contributed by atoms with E-state index in [-0.39, 0.29) is 5.92 Å². The number of methoxy groups -OCH3 is 3. The van der Waals surface area contributed by atoms with E-state index in [1.165, 1.54) is 21.3 Å². The smallest absolute Gasteiger partial charge is 0.328 e. The molecule has 7 nitrogen and oxygen atoms in total. The van der Waals surface area contributed by atoms with E-state index in [0.29, 0.717) is 17.2 Å². The number of carbonyl (C=O) groups excluding carboxylic acids is 2. The summed E-state index contributed by atoms with van der Waals surface area (Å²) in [6.45, 7) is 3.63. The summed E-state index contributed by atoms with van der Waals surface area (Å²) >= 11 is 0. The maximum atomic E-state index is 12.0. The van der Waals surface area contributed by atoms with Crippen LogP contribution in [0.2, 0.25) is 0 Å². The van der Waals surface area contributed by atoms with Crippen LogP contribution in [0.5, 0.6) is 11.5 Å². The highest BCUT2D eigenvalue weighted by molar-refractivity contribution is 5.93. The third-order valence-corrected chi connectivity index (χ3v) is 3.02. The average Bonchev–Trinajstić information content (AvgIpc) is 2.50. The number of carbonyl (C=O) groups is 2. The topological polar surface area (TPSA) is 85.9 Å². The fourth-order valence-corrected chi connectivity index (χ4v) is 1.81. The summed E-state index contributed by atoms with van der Waals surface area (Å²) in [6.07, 6.45) is 0. The molecule has 22 heavy (non-hydrogen) atoms. The van der Waals surface area contributed by atoms with Gasteiger partial charge in [-0.3, -0.25) is 0 Å². The van der Waals surface area contributed by atoms with Crippen LogP contribution < -0.4 is 20.1 Å². The lowest BCUT2D eigenvalue weighted by Gasteiger charge is -2.20. The summed E-state index contributed by atoms with van der Waals surface area (Å²) in [6, 6.07) is 3.74. The first kappa shape index (κ1) is 17.6. The molecule has 0 heterocycles. The number of esters is 1. The van der Waals surface area contributed by atoms with Gasteiger partial charge in [0.2, 0.25) is 0 Å². The van der Waals surface area contributed by atoms with Gasteiger partial charge < -0.3 is 24.8 Å². The van der Waals surface area contributed by atoms with Gasteiger partial charge in [-0.25, -0.2) is 9.59 Å². The van der Waals surface area contributed by atoms with E-state index < -0.39 is 18.0 Å². The molecule has 2 amide bonds. The van der Waals surface area contributed by atoms with Crippen molar-refractivity contribution in [2.75, 3.05) is 26.6 Å². The van der Waals surface area contributed by atoms with Crippen molar-refractivity contribution in [1.82, 2.24) is 5.32 Å². The molecule has 0 saturated heterocycles. The Morgan fingerprint density at radius 3 is 1.95 bits per heavy atom. The van der Waals surface area contributed by atoms with Crippen LogP contribution in [0.15, 0.2) is 18.2 Å². The van der Waals surface area contributed by atoms with Crippen LogP contribution in [0.4, 0.5) is 10.5 Å². The molecule has 1 atom stereocenters. The Hall–Kier alpha value is -2.44. The number of anilines is 1. The molecule has 0 fully saturated rings. The zero-order valence-corrected chi connectivity index (χ0v) is 13.4. The standard InChI is InChI=1S/C15H22N2O5/c1-9(2)13(14(18)22-5)17-15(19)16-10-6-11(20-3)8-12(7-10)21-4/h6-9,13H,1-5H3,(H2,16,17,19)/t13-/m0/s1. The molecule has 0 aliphatic heterocycles. The van der Waals surface area contributed by atoms with Crippen LogP contribution in [-0.4, -0.2) is 39.4 Å². The normalized spacial score (nSPS) is 11.5. The maximum Gasteiger partial charge on any atom is 0.328 e. The largest absolute Gasteiger partial charge is 0.497 e. The zero-order valence-electron chi connectivity index (χ0n) is 13.4. The molecule has 0 aliphatic carbocycles. The van der Waals surface area contributed by atoms with Gasteiger partial charge in [-0.05, 0) is 5.92 Å². The maximum absolute atomic E-state index is 12.0. The number of amides is 2. The molecular formula is C15H22N2O5. The summed E-state index contributed by atoms with van der Waals surface area (Å²) in [5.41, 5.74) is 0.487. The molecule has 1 rings (SSSR count). The first-order chi connectivity index (χ1) is 10.4. The van der Waals surface area contributed by atoms with Crippen molar-refractivity contribution in [3.63, 3.8) is 0 Å². The summed E-state index contributed by atoms with van der Waals surface area (Å²) in [5, 5.41) is 5.22. The van der Waals surface area contributed by atoms with Crippen molar-refractivity contribution in [1.29, 1.82) is 0 Å². The SMILES string of the molecule is COC(=O)[C@@H](NC(=O)Nc1cc(OC)cc(OC)c1)C(C)C. The Kier molecular flexibility index (Phi) is 6.49. The van der Waals surface area contributed by atoms with Gasteiger partial charge in [0.15, 0.2) is 0 Å². The van der Waals surface area contributed by atoms with Gasteiger partial charge in [-0.2, -0.15) is 0 Å². The fourth-order valence-electron chi connectivity index (χ4n) is 1.81. The number of hydrogen-bond donors (Lipinski definition) is 2. The molecule has 0 radical (unpaired) electrons. The Bertz CT molecular complexity index is 508. The zero-order chi connectivity index (χ0) is 16.7. The number of nitrogens with one attached hydrogen (secondary N) is 2. The Balaban J connectivity index is 2.81. The number of rotatable bonds is 6. The third-order valence-electron chi connectivity index (χ3n) is 3.02. The number of ether oxygens (including phenoxy) is 3. The van der Waals surface area contributed by atoms with Gasteiger partial charge in [0.05, 0.1) is 21.3 Å². The Labute approximate surface area is 129 Å². The van der Waals surface area contributed by atoms with Gasteiger partial charge >= 0.3 is 12.0 Å². The predicted molar refractivity (Wildman–Crippen MR) is 82.3 cm³/mol. The van der Waals surface area contributed by atoms with Crippen LogP contribution in [0.1, 0.15) is 13.8 Å². The molecule has 2 N–H and O–H groups in total. The summed E-state index contributed by atoms with van der Waals surface area (Å²) in [4.78, 5) is 23.7. The fraction of sp³-hybridized carbons (Fsp3) is 0.467. The van der Waals surface area contributed by atoms with Crippen LogP contribution in [0.3, 0.4) is 0 Å². The van der Waals surface area contributed by atoms with Crippen LogP contribution in [-0.2, 0) is 9.53 Å². The first-order valence-corrected chi connectivity index (χ1v) is 6.79. The molecule has 1 aromatic carbocycles. The molecule has 0 spiro atoms. The molecule has 122 valence electrons. The van der Waals surface area contributed by atoms with Gasteiger partial charge in [0.1, 0.15) is 17.5 Å². The van der Waals surface area contributed by atoms with Crippen molar-refractivity contribution in [2.24, 2.45) is 5.92 Å². The summed E-state index contributed by atoms with van der Waals surface area (Å²) in [7, 11) is 4.32. The molecule has 0 saturated carbocycles. The highest BCUT2D eigenvalue weighted by Gasteiger charge is 2.24. The monoisotopic (exact) mass is 310 g/mol. The quantitative estimate of drug-likeness (QED) is 0.785. The van der Waals surface area contributed by atoms with Crippen LogP contribution >= 0.6 is 0 Å². The lowest BCUT2D eigenvalue weighted by Crippen LogP contribution is -2.46. The van der Waals surface area contributed by atoms with Gasteiger partial charge in [-0.1, -0.05) is 13.8 Å². The lowest BCUT2D eigenvalue weighted by atomic mass is 10.1. The molecule has 7 heteroatoms. The number of benzene rings is 1. The average molecular weight is 310 g/mol. The molecule has 1 aromatic rings. The first-order valence-electron chi connectivity index (χ1n) is 6.79. The molecule has 0 bridgehead atoms. The molecule has 0 unspecified atom stereocenters. The van der Waals surface area contributed by atoms with E-state index in [0.717, 1.165) is 0 Å². The van der Waals surface area contributed by atoms with Crippen molar-refractivity contribution in [2.45, 2.75) is 19.9 Å². The van der Waals surface area contributed by atoms with Crippen molar-refractivity contribution in [3.8, 4) is 11.5 Å². The Morgan fingerprint density at radius 2 is 1.55 bits per heavy atom. The van der Waals surface area contributed by atoms with Crippen molar-refractivity contribution >= 4 is 17.7 Å². The van der Waals surface area contributed by atoms with E-state index in [9.17, 15) is 9.59 Å².